The molecule has 0 heterocycles. The lowest BCUT2D eigenvalue weighted by Gasteiger charge is -2.21. The van der Waals surface area contributed by atoms with Crippen molar-refractivity contribution >= 4 is 11.9 Å². The molecule has 0 saturated carbocycles. The number of hydrogen-bond acceptors (Lipinski definition) is 4. The van der Waals surface area contributed by atoms with Crippen LogP contribution < -0.4 is 0 Å². The van der Waals surface area contributed by atoms with Gasteiger partial charge in [-0.3, -0.25) is 9.59 Å². The van der Waals surface area contributed by atoms with Crippen LogP contribution in [-0.4, -0.2) is 35.9 Å². The van der Waals surface area contributed by atoms with Gasteiger partial charge in [0.1, 0.15) is 0 Å². The number of unbranched alkanes of at least 4 members (excludes halogenated alkanes) is 1. The lowest BCUT2D eigenvalue weighted by molar-refractivity contribution is -0.166. The molecule has 1 unspecified atom stereocenters. The van der Waals surface area contributed by atoms with Crippen LogP contribution in [0.15, 0.2) is 0 Å². The summed E-state index contributed by atoms with van der Waals surface area (Å²) in [6.07, 6.45) is 1.14. The molecule has 2 N–H and O–H groups in total. The Hall–Kier alpha value is -1.10. The monoisotopic (exact) mass is 204 g/mol. The van der Waals surface area contributed by atoms with Crippen molar-refractivity contribution < 1.29 is 24.5 Å². The average molecular weight is 204 g/mol. The molecule has 82 valence electrons. The fourth-order valence-corrected chi connectivity index (χ4v) is 1.11. The fraction of sp³-hybridized carbons (Fsp3) is 0.778. The summed E-state index contributed by atoms with van der Waals surface area (Å²) in [5.74, 6) is -1.94. The number of carbonyl (C=O) groups is 2. The molecule has 0 aromatic heterocycles. The van der Waals surface area contributed by atoms with Crippen molar-refractivity contribution in [1.29, 1.82) is 0 Å². The molecule has 0 amide bonds. The second kappa shape index (κ2) is 5.59. The van der Waals surface area contributed by atoms with Gasteiger partial charge in [0.25, 0.3) is 0 Å². The van der Waals surface area contributed by atoms with E-state index in [0.717, 1.165) is 7.11 Å². The van der Waals surface area contributed by atoms with E-state index in [0.29, 0.717) is 12.8 Å². The van der Waals surface area contributed by atoms with Crippen LogP contribution >= 0.6 is 0 Å². The number of carbonyl (C=O) groups excluding carboxylic acids is 1. The minimum atomic E-state index is -1.50. The largest absolute Gasteiger partial charge is 0.480 e. The van der Waals surface area contributed by atoms with E-state index in [4.69, 9.17) is 10.2 Å². The molecule has 0 rings (SSSR count). The quantitative estimate of drug-likeness (QED) is 0.372. The molecule has 0 fully saturated rings. The van der Waals surface area contributed by atoms with Gasteiger partial charge in [-0.15, -0.1) is 0 Å². The van der Waals surface area contributed by atoms with Crippen LogP contribution in [0.2, 0.25) is 0 Å². The maximum atomic E-state index is 11.2. The molecule has 0 bridgehead atoms. The van der Waals surface area contributed by atoms with E-state index in [1.807, 2.05) is 0 Å². The SMILES string of the molecule is COC(=O)C(C)(CCCCO)C(=O)O. The number of carboxylic acid groups (broad SMARTS) is 1. The van der Waals surface area contributed by atoms with Crippen LogP contribution in [0.3, 0.4) is 0 Å². The highest BCUT2D eigenvalue weighted by atomic mass is 16.5. The van der Waals surface area contributed by atoms with Crippen molar-refractivity contribution in [3.8, 4) is 0 Å². The van der Waals surface area contributed by atoms with E-state index in [1.54, 1.807) is 0 Å². The number of ether oxygens (including phenoxy) is 1. The van der Waals surface area contributed by atoms with Gasteiger partial charge in [-0.2, -0.15) is 0 Å². The van der Waals surface area contributed by atoms with E-state index >= 15 is 0 Å². The normalized spacial score (nSPS) is 14.5. The highest BCUT2D eigenvalue weighted by Gasteiger charge is 2.41. The summed E-state index contributed by atoms with van der Waals surface area (Å²) in [5.41, 5.74) is -1.50. The predicted molar refractivity (Wildman–Crippen MR) is 48.7 cm³/mol. The van der Waals surface area contributed by atoms with Gasteiger partial charge >= 0.3 is 11.9 Å². The molecule has 0 saturated heterocycles. The number of aliphatic hydroxyl groups is 1. The first-order valence-electron chi connectivity index (χ1n) is 4.41. The van der Waals surface area contributed by atoms with E-state index < -0.39 is 17.4 Å². The van der Waals surface area contributed by atoms with Crippen LogP contribution in [0.1, 0.15) is 26.2 Å². The lowest BCUT2D eigenvalue weighted by Crippen LogP contribution is -2.37. The summed E-state index contributed by atoms with van der Waals surface area (Å²) in [7, 11) is 1.16. The zero-order valence-electron chi connectivity index (χ0n) is 8.45. The summed E-state index contributed by atoms with van der Waals surface area (Å²) in [5, 5.41) is 17.4. The summed E-state index contributed by atoms with van der Waals surface area (Å²) < 4.78 is 4.43. The average Bonchev–Trinajstić information content (AvgIpc) is 2.16. The van der Waals surface area contributed by atoms with Crippen molar-refractivity contribution in [3.05, 3.63) is 0 Å². The molecule has 0 radical (unpaired) electrons. The minimum absolute atomic E-state index is 0.00310. The van der Waals surface area contributed by atoms with Crippen LogP contribution in [0.25, 0.3) is 0 Å². The third-order valence-electron chi connectivity index (χ3n) is 2.19. The first kappa shape index (κ1) is 12.9. The topological polar surface area (TPSA) is 83.8 Å². The van der Waals surface area contributed by atoms with Crippen LogP contribution in [0, 0.1) is 5.41 Å². The molecule has 0 aromatic rings. The Balaban J connectivity index is 4.40. The molecule has 5 heteroatoms. The molecular formula is C9H16O5. The second-order valence-corrected chi connectivity index (χ2v) is 3.31. The Bertz CT molecular complexity index is 213. The summed E-state index contributed by atoms with van der Waals surface area (Å²) >= 11 is 0. The number of aliphatic carboxylic acids is 1. The van der Waals surface area contributed by atoms with Crippen molar-refractivity contribution in [2.24, 2.45) is 5.41 Å². The third kappa shape index (κ3) is 2.99. The van der Waals surface area contributed by atoms with Gasteiger partial charge in [-0.1, -0.05) is 0 Å². The van der Waals surface area contributed by atoms with Gasteiger partial charge in [0.05, 0.1) is 7.11 Å². The highest BCUT2D eigenvalue weighted by Crippen LogP contribution is 2.26. The molecule has 0 aliphatic rings. The lowest BCUT2D eigenvalue weighted by atomic mass is 9.85. The Morgan fingerprint density at radius 3 is 2.29 bits per heavy atom. The predicted octanol–water partition coefficient (Wildman–Crippen LogP) is 0.413. The summed E-state index contributed by atoms with van der Waals surface area (Å²) in [6.45, 7) is 1.33. The van der Waals surface area contributed by atoms with Crippen LogP contribution in [-0.2, 0) is 14.3 Å². The van der Waals surface area contributed by atoms with Crippen LogP contribution in [0.4, 0.5) is 0 Å². The number of hydrogen-bond donors (Lipinski definition) is 2. The minimum Gasteiger partial charge on any atom is -0.480 e. The summed E-state index contributed by atoms with van der Waals surface area (Å²) in [4.78, 5) is 22.1. The number of esters is 1. The van der Waals surface area contributed by atoms with E-state index in [1.165, 1.54) is 6.92 Å². The third-order valence-corrected chi connectivity index (χ3v) is 2.19. The van der Waals surface area contributed by atoms with Crippen molar-refractivity contribution in [2.75, 3.05) is 13.7 Å². The summed E-state index contributed by atoms with van der Waals surface area (Å²) in [6, 6.07) is 0. The number of methoxy groups -OCH3 is 1. The molecule has 1 atom stereocenters. The van der Waals surface area contributed by atoms with Gasteiger partial charge in [-0.05, 0) is 26.2 Å². The van der Waals surface area contributed by atoms with Gasteiger partial charge in [0.15, 0.2) is 5.41 Å². The molecule has 0 aliphatic heterocycles. The smallest absolute Gasteiger partial charge is 0.322 e. The molecule has 0 spiro atoms. The van der Waals surface area contributed by atoms with Crippen molar-refractivity contribution in [2.45, 2.75) is 26.2 Å². The highest BCUT2D eigenvalue weighted by molar-refractivity contribution is 5.98. The fourth-order valence-electron chi connectivity index (χ4n) is 1.11. The van der Waals surface area contributed by atoms with Crippen molar-refractivity contribution in [3.63, 3.8) is 0 Å². The van der Waals surface area contributed by atoms with Gasteiger partial charge in [0.2, 0.25) is 0 Å². The Kier molecular flexibility index (Phi) is 5.15. The number of aliphatic hydroxyl groups excluding tert-OH is 1. The second-order valence-electron chi connectivity index (χ2n) is 3.31. The Morgan fingerprint density at radius 1 is 1.36 bits per heavy atom. The maximum Gasteiger partial charge on any atom is 0.322 e. The molecule has 14 heavy (non-hydrogen) atoms. The van der Waals surface area contributed by atoms with Crippen LogP contribution in [0.5, 0.6) is 0 Å². The van der Waals surface area contributed by atoms with E-state index in [9.17, 15) is 9.59 Å². The molecular weight excluding hydrogens is 188 g/mol. The first-order valence-corrected chi connectivity index (χ1v) is 4.41. The van der Waals surface area contributed by atoms with Gasteiger partial charge < -0.3 is 14.9 Å². The maximum absolute atomic E-state index is 11.2. The molecule has 0 aromatic carbocycles. The molecule has 0 aliphatic carbocycles. The van der Waals surface area contributed by atoms with E-state index in [-0.39, 0.29) is 13.0 Å². The van der Waals surface area contributed by atoms with Gasteiger partial charge in [-0.25, -0.2) is 0 Å². The van der Waals surface area contributed by atoms with E-state index in [2.05, 4.69) is 4.74 Å². The Morgan fingerprint density at radius 2 is 1.93 bits per heavy atom. The zero-order valence-corrected chi connectivity index (χ0v) is 8.45. The number of carboxylic acids is 1. The number of rotatable bonds is 6. The van der Waals surface area contributed by atoms with Gasteiger partial charge in [0, 0.05) is 6.61 Å². The van der Waals surface area contributed by atoms with Crippen molar-refractivity contribution in [1.82, 2.24) is 0 Å². The zero-order chi connectivity index (χ0) is 11.2. The Labute approximate surface area is 82.7 Å². The standard InChI is InChI=1S/C9H16O5/c1-9(7(11)12,8(13)14-2)5-3-4-6-10/h10H,3-6H2,1-2H3,(H,11,12). The first-order chi connectivity index (χ1) is 6.49. The molecule has 5 nitrogen and oxygen atoms in total.